The predicted octanol–water partition coefficient (Wildman–Crippen LogP) is 0.652. The number of carbonyl (C=O) groups excluding carboxylic acids is 1. The summed E-state index contributed by atoms with van der Waals surface area (Å²) in [4.78, 5) is 18.3. The first-order chi connectivity index (χ1) is 9.85. The molecule has 1 fully saturated rings. The first-order valence-corrected chi connectivity index (χ1v) is 8.65. The van der Waals surface area contributed by atoms with Gasteiger partial charge in [-0.3, -0.25) is 4.79 Å². The first kappa shape index (κ1) is 14.1. The van der Waals surface area contributed by atoms with Crippen molar-refractivity contribution in [1.29, 1.82) is 0 Å². The molecule has 0 spiro atoms. The molecule has 0 aromatic carbocycles. The fraction of sp³-hybridized carbons (Fsp3) is 0.538. The smallest absolute Gasteiger partial charge is 0.307 e. The van der Waals surface area contributed by atoms with E-state index in [4.69, 9.17) is 4.18 Å². The van der Waals surface area contributed by atoms with Crippen LogP contribution in [0.3, 0.4) is 0 Å². The zero-order chi connectivity index (χ0) is 15.2. The average Bonchev–Trinajstić information content (AvgIpc) is 2.95. The number of rotatable bonds is 3. The van der Waals surface area contributed by atoms with Gasteiger partial charge in [-0.05, 0) is 25.8 Å². The molecule has 0 unspecified atom stereocenters. The van der Waals surface area contributed by atoms with Gasteiger partial charge < -0.3 is 14.4 Å². The molecule has 1 aromatic heterocycles. The maximum atomic E-state index is 11.9. The molecule has 0 saturated carbocycles. The van der Waals surface area contributed by atoms with Crippen LogP contribution < -0.4 is 14.4 Å². The number of anilines is 1. The average molecular weight is 311 g/mol. The lowest BCUT2D eigenvalue weighted by molar-refractivity contribution is 0.0965. The van der Waals surface area contributed by atoms with E-state index in [-0.39, 0.29) is 18.3 Å². The molecule has 0 bridgehead atoms. The number of carbonyl (C=O) groups is 1. The van der Waals surface area contributed by atoms with Gasteiger partial charge in [0.1, 0.15) is 5.82 Å². The molecule has 2 aliphatic heterocycles. The van der Waals surface area contributed by atoms with Crippen LogP contribution in [0.5, 0.6) is 5.88 Å². The minimum atomic E-state index is -3.69. The number of pyridine rings is 1. The second kappa shape index (κ2) is 4.87. The van der Waals surface area contributed by atoms with E-state index in [0.29, 0.717) is 23.0 Å². The molecule has 0 radical (unpaired) electrons. The Morgan fingerprint density at radius 2 is 2.24 bits per heavy atom. The van der Waals surface area contributed by atoms with E-state index < -0.39 is 10.1 Å². The molecular formula is C13H17N3O4S. The van der Waals surface area contributed by atoms with Crippen molar-refractivity contribution in [2.75, 3.05) is 17.7 Å². The Morgan fingerprint density at radius 1 is 1.48 bits per heavy atom. The van der Waals surface area contributed by atoms with E-state index in [0.717, 1.165) is 25.6 Å². The number of hydrogen-bond acceptors (Lipinski definition) is 6. The highest BCUT2D eigenvalue weighted by molar-refractivity contribution is 7.86. The van der Waals surface area contributed by atoms with Gasteiger partial charge in [0.2, 0.25) is 5.88 Å². The Labute approximate surface area is 123 Å². The van der Waals surface area contributed by atoms with Crippen LogP contribution in [0, 0.1) is 0 Å². The van der Waals surface area contributed by atoms with Crippen LogP contribution in [0.1, 0.15) is 35.7 Å². The molecule has 3 heterocycles. The van der Waals surface area contributed by atoms with Gasteiger partial charge in [0.25, 0.3) is 5.91 Å². The van der Waals surface area contributed by atoms with Crippen molar-refractivity contribution in [3.05, 3.63) is 17.2 Å². The van der Waals surface area contributed by atoms with Gasteiger partial charge in [0.05, 0.1) is 11.8 Å². The minimum Gasteiger partial charge on any atom is -0.361 e. The highest BCUT2D eigenvalue weighted by Gasteiger charge is 2.30. The highest BCUT2D eigenvalue weighted by Crippen LogP contribution is 2.32. The van der Waals surface area contributed by atoms with Crippen molar-refractivity contribution >= 4 is 21.8 Å². The number of nitrogens with one attached hydrogen (secondary N) is 1. The van der Waals surface area contributed by atoms with E-state index in [9.17, 15) is 13.2 Å². The van der Waals surface area contributed by atoms with Crippen LogP contribution in [0.4, 0.5) is 5.82 Å². The minimum absolute atomic E-state index is 0.00227. The van der Waals surface area contributed by atoms with Crippen LogP contribution in [-0.4, -0.2) is 38.2 Å². The Morgan fingerprint density at radius 3 is 2.86 bits per heavy atom. The predicted molar refractivity (Wildman–Crippen MR) is 76.9 cm³/mol. The van der Waals surface area contributed by atoms with Gasteiger partial charge in [-0.2, -0.15) is 13.4 Å². The Hall–Kier alpha value is -1.83. The molecule has 7 nitrogen and oxygen atoms in total. The molecule has 1 aromatic rings. The van der Waals surface area contributed by atoms with Gasteiger partial charge in [-0.1, -0.05) is 0 Å². The normalized spacial score (nSPS) is 21.3. The molecule has 1 N–H and O–H groups in total. The molecule has 3 rings (SSSR count). The first-order valence-electron chi connectivity index (χ1n) is 6.83. The third kappa shape index (κ3) is 2.67. The standard InChI is InChI=1S/C13H17N3O4S/c1-8-4-3-5-16(8)11-6-9-10(7-14-12(9)17)13(15-11)20-21(2,18)19/h6,8H,3-5,7H2,1-2H3,(H,14,17)/t8-/m1/s1. The lowest BCUT2D eigenvalue weighted by Gasteiger charge is -2.23. The van der Waals surface area contributed by atoms with Crippen LogP contribution in [0.2, 0.25) is 0 Å². The maximum Gasteiger partial charge on any atom is 0.307 e. The number of fused-ring (bicyclic) bond motifs is 1. The van der Waals surface area contributed by atoms with E-state index in [1.807, 2.05) is 0 Å². The van der Waals surface area contributed by atoms with Crippen molar-refractivity contribution < 1.29 is 17.4 Å². The number of aromatic nitrogens is 1. The molecule has 1 atom stereocenters. The summed E-state index contributed by atoms with van der Waals surface area (Å²) in [6.45, 7) is 3.16. The summed E-state index contributed by atoms with van der Waals surface area (Å²) in [7, 11) is -3.69. The van der Waals surface area contributed by atoms with Crippen LogP contribution >= 0.6 is 0 Å². The zero-order valence-electron chi connectivity index (χ0n) is 11.9. The number of nitrogens with zero attached hydrogens (tertiary/aromatic N) is 2. The Bertz CT molecular complexity index is 702. The van der Waals surface area contributed by atoms with Crippen molar-refractivity contribution in [2.45, 2.75) is 32.4 Å². The topological polar surface area (TPSA) is 88.6 Å². The maximum absolute atomic E-state index is 11.9. The van der Waals surface area contributed by atoms with Gasteiger partial charge >= 0.3 is 10.1 Å². The molecule has 2 aliphatic rings. The van der Waals surface area contributed by atoms with Crippen molar-refractivity contribution in [2.24, 2.45) is 0 Å². The summed E-state index contributed by atoms with van der Waals surface area (Å²) < 4.78 is 27.8. The van der Waals surface area contributed by atoms with Gasteiger partial charge in [-0.15, -0.1) is 0 Å². The van der Waals surface area contributed by atoms with Crippen molar-refractivity contribution in [3.63, 3.8) is 0 Å². The highest BCUT2D eigenvalue weighted by atomic mass is 32.2. The molecule has 0 aliphatic carbocycles. The summed E-state index contributed by atoms with van der Waals surface area (Å²) in [6, 6.07) is 2.03. The summed E-state index contributed by atoms with van der Waals surface area (Å²) >= 11 is 0. The third-order valence-electron chi connectivity index (χ3n) is 3.82. The van der Waals surface area contributed by atoms with Gasteiger partial charge in [-0.25, -0.2) is 0 Å². The molecule has 8 heteroatoms. The van der Waals surface area contributed by atoms with E-state index in [1.54, 1.807) is 6.07 Å². The summed E-state index contributed by atoms with van der Waals surface area (Å²) in [5, 5.41) is 2.67. The van der Waals surface area contributed by atoms with Crippen LogP contribution in [0.15, 0.2) is 6.07 Å². The van der Waals surface area contributed by atoms with Gasteiger partial charge in [0, 0.05) is 24.7 Å². The van der Waals surface area contributed by atoms with Crippen LogP contribution in [-0.2, 0) is 16.7 Å². The lowest BCUT2D eigenvalue weighted by Crippen LogP contribution is -2.27. The molecule has 21 heavy (non-hydrogen) atoms. The largest absolute Gasteiger partial charge is 0.361 e. The van der Waals surface area contributed by atoms with E-state index >= 15 is 0 Å². The van der Waals surface area contributed by atoms with Gasteiger partial charge in [0.15, 0.2) is 0 Å². The fourth-order valence-corrected chi connectivity index (χ4v) is 3.23. The lowest BCUT2D eigenvalue weighted by atomic mass is 10.1. The third-order valence-corrected chi connectivity index (χ3v) is 4.28. The quantitative estimate of drug-likeness (QED) is 0.825. The second-order valence-electron chi connectivity index (χ2n) is 5.47. The summed E-state index contributed by atoms with van der Waals surface area (Å²) in [5.41, 5.74) is 0.943. The van der Waals surface area contributed by atoms with Crippen LogP contribution in [0.25, 0.3) is 0 Å². The SMILES string of the molecule is C[C@@H]1CCCN1c1cc2c(c(OS(C)(=O)=O)n1)CNC2=O. The molecule has 1 amide bonds. The zero-order valence-corrected chi connectivity index (χ0v) is 12.7. The van der Waals surface area contributed by atoms with Crippen molar-refractivity contribution in [3.8, 4) is 5.88 Å². The monoisotopic (exact) mass is 311 g/mol. The number of amides is 1. The molecule has 114 valence electrons. The Kier molecular flexibility index (Phi) is 3.27. The van der Waals surface area contributed by atoms with E-state index in [2.05, 4.69) is 22.1 Å². The molecular weight excluding hydrogens is 294 g/mol. The summed E-state index contributed by atoms with van der Waals surface area (Å²) in [6.07, 6.45) is 3.07. The molecule has 1 saturated heterocycles. The Balaban J connectivity index is 2.08. The second-order valence-corrected chi connectivity index (χ2v) is 7.04. The van der Waals surface area contributed by atoms with E-state index in [1.165, 1.54) is 0 Å². The van der Waals surface area contributed by atoms with Crippen molar-refractivity contribution in [1.82, 2.24) is 10.3 Å². The fourth-order valence-electron chi connectivity index (χ4n) is 2.81. The number of hydrogen-bond donors (Lipinski definition) is 1. The summed E-state index contributed by atoms with van der Waals surface area (Å²) in [5.74, 6) is 0.371.